The van der Waals surface area contributed by atoms with Gasteiger partial charge in [-0.15, -0.1) is 11.3 Å². The van der Waals surface area contributed by atoms with E-state index in [-0.39, 0.29) is 15.8 Å². The quantitative estimate of drug-likeness (QED) is 0.838. The molecule has 0 aliphatic heterocycles. The third-order valence-electron chi connectivity index (χ3n) is 1.50. The lowest BCUT2D eigenvalue weighted by molar-refractivity contribution is 0.0698. The zero-order valence-electron chi connectivity index (χ0n) is 8.22. The second-order valence-electron chi connectivity index (χ2n) is 3.20. The molecular weight excluding hydrogens is 238 g/mol. The van der Waals surface area contributed by atoms with Crippen molar-refractivity contribution in [2.75, 3.05) is 0 Å². The van der Waals surface area contributed by atoms with E-state index in [4.69, 9.17) is 5.11 Å². The zero-order valence-corrected chi connectivity index (χ0v) is 9.85. The van der Waals surface area contributed by atoms with Crippen LogP contribution in [0.4, 0.5) is 0 Å². The molecule has 1 rings (SSSR count). The van der Waals surface area contributed by atoms with Crippen LogP contribution < -0.4 is 4.72 Å². The van der Waals surface area contributed by atoms with E-state index in [1.165, 1.54) is 11.4 Å². The second-order valence-corrected chi connectivity index (χ2v) is 5.79. The van der Waals surface area contributed by atoms with Gasteiger partial charge in [-0.25, -0.2) is 17.9 Å². The van der Waals surface area contributed by atoms with Crippen LogP contribution in [0, 0.1) is 0 Å². The van der Waals surface area contributed by atoms with Crippen molar-refractivity contribution >= 4 is 27.3 Å². The van der Waals surface area contributed by atoms with E-state index >= 15 is 0 Å². The van der Waals surface area contributed by atoms with Gasteiger partial charge >= 0.3 is 5.97 Å². The molecule has 1 heterocycles. The Labute approximate surface area is 91.8 Å². The third-order valence-corrected chi connectivity index (χ3v) is 4.24. The van der Waals surface area contributed by atoms with Crippen LogP contribution in [0.15, 0.2) is 16.3 Å². The lowest BCUT2D eigenvalue weighted by atomic mass is 10.4. The van der Waals surface area contributed by atoms with Gasteiger partial charge in [-0.3, -0.25) is 0 Å². The van der Waals surface area contributed by atoms with E-state index in [1.807, 2.05) is 0 Å². The number of carboxylic acid groups (broad SMARTS) is 1. The predicted octanol–water partition coefficient (Wildman–Crippen LogP) is 1.13. The number of nitrogens with one attached hydrogen (secondary N) is 1. The number of hydrogen-bond donors (Lipinski definition) is 2. The number of sulfonamides is 1. The largest absolute Gasteiger partial charge is 0.477 e. The summed E-state index contributed by atoms with van der Waals surface area (Å²) < 4.78 is 25.7. The summed E-state index contributed by atoms with van der Waals surface area (Å²) in [4.78, 5) is 10.4. The van der Waals surface area contributed by atoms with Gasteiger partial charge in [0.05, 0.1) is 0 Å². The minimum absolute atomic E-state index is 0.164. The highest BCUT2D eigenvalue weighted by molar-refractivity contribution is 7.89. The SMILES string of the molecule is CC(C)NS(=O)(=O)c1ccsc1C(=O)O. The van der Waals surface area contributed by atoms with Gasteiger partial charge in [-0.1, -0.05) is 0 Å². The van der Waals surface area contributed by atoms with Crippen molar-refractivity contribution < 1.29 is 18.3 Å². The molecule has 0 fully saturated rings. The van der Waals surface area contributed by atoms with Crippen molar-refractivity contribution in [2.24, 2.45) is 0 Å². The molecule has 0 bridgehead atoms. The molecule has 0 unspecified atom stereocenters. The summed E-state index contributed by atoms with van der Waals surface area (Å²) in [6.07, 6.45) is 0. The first-order valence-electron chi connectivity index (χ1n) is 4.17. The van der Waals surface area contributed by atoms with E-state index in [0.717, 1.165) is 11.3 Å². The minimum atomic E-state index is -3.71. The maximum Gasteiger partial charge on any atom is 0.347 e. The van der Waals surface area contributed by atoms with Crippen molar-refractivity contribution in [2.45, 2.75) is 24.8 Å². The Balaban J connectivity index is 3.16. The molecule has 15 heavy (non-hydrogen) atoms. The summed E-state index contributed by atoms with van der Waals surface area (Å²) >= 11 is 0.893. The maximum atomic E-state index is 11.7. The van der Waals surface area contributed by atoms with E-state index < -0.39 is 16.0 Å². The Morgan fingerprint density at radius 1 is 1.53 bits per heavy atom. The smallest absolute Gasteiger partial charge is 0.347 e. The van der Waals surface area contributed by atoms with Gasteiger partial charge < -0.3 is 5.11 Å². The minimum Gasteiger partial charge on any atom is -0.477 e. The number of aromatic carboxylic acids is 1. The highest BCUT2D eigenvalue weighted by Gasteiger charge is 2.23. The molecule has 2 N–H and O–H groups in total. The molecule has 0 aliphatic carbocycles. The highest BCUT2D eigenvalue weighted by atomic mass is 32.2. The second kappa shape index (κ2) is 4.30. The molecule has 0 saturated carbocycles. The summed E-state index contributed by atoms with van der Waals surface area (Å²) in [5, 5.41) is 10.2. The van der Waals surface area contributed by atoms with Crippen LogP contribution in [0.3, 0.4) is 0 Å². The van der Waals surface area contributed by atoms with Gasteiger partial charge in [0.25, 0.3) is 0 Å². The molecule has 1 aromatic rings. The van der Waals surface area contributed by atoms with Gasteiger partial charge in [0.15, 0.2) is 0 Å². The standard InChI is InChI=1S/C8H11NO4S2/c1-5(2)9-15(12,13)6-3-4-14-7(6)8(10)11/h3-5,9H,1-2H3,(H,10,11). The monoisotopic (exact) mass is 249 g/mol. The highest BCUT2D eigenvalue weighted by Crippen LogP contribution is 2.21. The summed E-state index contributed by atoms with van der Waals surface area (Å²) in [5.74, 6) is -1.23. The Morgan fingerprint density at radius 2 is 2.13 bits per heavy atom. The molecule has 1 aromatic heterocycles. The molecule has 5 nitrogen and oxygen atoms in total. The first-order valence-corrected chi connectivity index (χ1v) is 6.54. The van der Waals surface area contributed by atoms with Crippen molar-refractivity contribution in [3.8, 4) is 0 Å². The van der Waals surface area contributed by atoms with Gasteiger partial charge in [-0.05, 0) is 25.3 Å². The van der Waals surface area contributed by atoms with Gasteiger partial charge in [-0.2, -0.15) is 0 Å². The summed E-state index contributed by atoms with van der Waals surface area (Å²) in [6.45, 7) is 3.34. The summed E-state index contributed by atoms with van der Waals surface area (Å²) in [5.41, 5.74) is 0. The lowest BCUT2D eigenvalue weighted by Crippen LogP contribution is -2.30. The van der Waals surface area contributed by atoms with Gasteiger partial charge in [0, 0.05) is 6.04 Å². The van der Waals surface area contributed by atoms with E-state index in [0.29, 0.717) is 0 Å². The predicted molar refractivity (Wildman–Crippen MR) is 56.7 cm³/mol. The first-order chi connectivity index (χ1) is 6.84. The van der Waals surface area contributed by atoms with Crippen molar-refractivity contribution in [1.29, 1.82) is 0 Å². The molecule has 84 valence electrons. The Hall–Kier alpha value is -0.920. The van der Waals surface area contributed by atoms with Crippen LogP contribution in [0.1, 0.15) is 23.5 Å². The maximum absolute atomic E-state index is 11.7. The molecule has 0 atom stereocenters. The van der Waals surface area contributed by atoms with Gasteiger partial charge in [0.2, 0.25) is 10.0 Å². The fourth-order valence-corrected chi connectivity index (χ4v) is 3.55. The number of carboxylic acids is 1. The topological polar surface area (TPSA) is 83.5 Å². The Bertz CT molecular complexity index is 461. The first kappa shape index (κ1) is 12.2. The van der Waals surface area contributed by atoms with Crippen LogP contribution in [-0.4, -0.2) is 25.5 Å². The fraction of sp³-hybridized carbons (Fsp3) is 0.375. The average Bonchev–Trinajstić information content (AvgIpc) is 2.48. The Morgan fingerprint density at radius 3 is 2.60 bits per heavy atom. The van der Waals surface area contributed by atoms with E-state index in [2.05, 4.69) is 4.72 Å². The van der Waals surface area contributed by atoms with Crippen LogP contribution in [0.2, 0.25) is 0 Å². The van der Waals surface area contributed by atoms with Crippen molar-refractivity contribution in [3.63, 3.8) is 0 Å². The third kappa shape index (κ3) is 2.77. The Kier molecular flexibility index (Phi) is 3.48. The molecule has 0 radical (unpaired) electrons. The molecule has 0 aliphatic rings. The summed E-state index contributed by atoms with van der Waals surface area (Å²) in [6, 6.07) is 1.02. The molecule has 0 spiro atoms. The average molecular weight is 249 g/mol. The van der Waals surface area contributed by atoms with Crippen LogP contribution in [0.25, 0.3) is 0 Å². The lowest BCUT2D eigenvalue weighted by Gasteiger charge is -2.08. The zero-order chi connectivity index (χ0) is 11.6. The molecular formula is C8H11NO4S2. The normalized spacial score (nSPS) is 11.9. The van der Waals surface area contributed by atoms with Crippen molar-refractivity contribution in [3.05, 3.63) is 16.3 Å². The number of hydrogen-bond acceptors (Lipinski definition) is 4. The summed E-state index contributed by atoms with van der Waals surface area (Å²) in [7, 11) is -3.71. The van der Waals surface area contributed by atoms with E-state index in [9.17, 15) is 13.2 Å². The van der Waals surface area contributed by atoms with Gasteiger partial charge in [0.1, 0.15) is 9.77 Å². The molecule has 0 amide bonds. The molecule has 0 aromatic carbocycles. The number of carbonyl (C=O) groups is 1. The van der Waals surface area contributed by atoms with E-state index in [1.54, 1.807) is 13.8 Å². The van der Waals surface area contributed by atoms with Crippen LogP contribution in [-0.2, 0) is 10.0 Å². The van der Waals surface area contributed by atoms with Crippen LogP contribution >= 0.6 is 11.3 Å². The number of rotatable bonds is 4. The number of thiophene rings is 1. The van der Waals surface area contributed by atoms with Crippen molar-refractivity contribution in [1.82, 2.24) is 4.72 Å². The van der Waals surface area contributed by atoms with Crippen LogP contribution in [0.5, 0.6) is 0 Å². The fourth-order valence-electron chi connectivity index (χ4n) is 1.04. The molecule has 0 saturated heterocycles. The molecule has 7 heteroatoms.